The molecule has 8 nitrogen and oxygen atoms in total. The summed E-state index contributed by atoms with van der Waals surface area (Å²) in [5.41, 5.74) is 7.75. The predicted molar refractivity (Wildman–Crippen MR) is 129 cm³/mol. The Balaban J connectivity index is 2.19. The summed E-state index contributed by atoms with van der Waals surface area (Å²) >= 11 is 7.71. The topological polar surface area (TPSA) is 114 Å². The average Bonchev–Trinajstić information content (AvgIpc) is 3.34. The molecule has 1 aliphatic rings. The van der Waals surface area contributed by atoms with Gasteiger partial charge in [0.1, 0.15) is 11.9 Å². The number of hydrogen-bond donors (Lipinski definition) is 3. The van der Waals surface area contributed by atoms with Crippen LogP contribution in [0.1, 0.15) is 23.0 Å². The second kappa shape index (κ2) is 12.5. The van der Waals surface area contributed by atoms with Crippen LogP contribution in [-0.2, 0) is 9.53 Å². The molecule has 0 saturated heterocycles. The van der Waals surface area contributed by atoms with E-state index in [1.54, 1.807) is 11.6 Å². The van der Waals surface area contributed by atoms with Gasteiger partial charge in [0.25, 0.3) is 0 Å². The Morgan fingerprint density at radius 1 is 1.46 bits per heavy atom. The Labute approximate surface area is 208 Å². The summed E-state index contributed by atoms with van der Waals surface area (Å²) in [5.74, 6) is -0.133. The number of nitrogens with zero attached hydrogens (tertiary/aromatic N) is 3. The van der Waals surface area contributed by atoms with E-state index in [1.165, 1.54) is 36.7 Å². The van der Waals surface area contributed by atoms with Crippen LogP contribution in [0.5, 0.6) is 0 Å². The maximum Gasteiger partial charge on any atom is 0.331 e. The van der Waals surface area contributed by atoms with E-state index in [4.69, 9.17) is 27.1 Å². The summed E-state index contributed by atoms with van der Waals surface area (Å²) in [5, 5.41) is 8.32. The number of amides is 1. The molecule has 0 radical (unpaired) electrons. The van der Waals surface area contributed by atoms with Crippen LogP contribution in [0, 0.1) is 5.82 Å². The average molecular weight is 527 g/mol. The third-order valence-corrected chi connectivity index (χ3v) is 6.01. The lowest BCUT2D eigenvalue weighted by Crippen LogP contribution is -2.39. The fourth-order valence-corrected chi connectivity index (χ4v) is 4.34. The van der Waals surface area contributed by atoms with Crippen molar-refractivity contribution in [3.05, 3.63) is 74.2 Å². The van der Waals surface area contributed by atoms with Crippen LogP contribution in [0.4, 0.5) is 13.2 Å². The van der Waals surface area contributed by atoms with Crippen LogP contribution in [0.2, 0.25) is 5.02 Å². The monoisotopic (exact) mass is 526 g/mol. The molecule has 0 saturated carbocycles. The fourth-order valence-electron chi connectivity index (χ4n) is 3.48. The van der Waals surface area contributed by atoms with Crippen molar-refractivity contribution in [1.82, 2.24) is 15.6 Å². The summed E-state index contributed by atoms with van der Waals surface area (Å²) in [6.07, 6.45) is 4.48. The molecule has 0 fully saturated rings. The molecule has 3 rings (SSSR count). The van der Waals surface area contributed by atoms with Crippen molar-refractivity contribution in [3.8, 4) is 0 Å². The van der Waals surface area contributed by atoms with Gasteiger partial charge in [-0.15, -0.1) is 11.3 Å². The predicted octanol–water partition coefficient (Wildman–Crippen LogP) is 3.57. The smallest absolute Gasteiger partial charge is 0.331 e. The van der Waals surface area contributed by atoms with Crippen molar-refractivity contribution in [2.75, 3.05) is 13.7 Å². The molecular formula is C22H22ClF3N6O2S. The van der Waals surface area contributed by atoms with Crippen LogP contribution in [0.25, 0.3) is 0 Å². The minimum absolute atomic E-state index is 0.0755. The van der Waals surface area contributed by atoms with E-state index in [1.807, 2.05) is 0 Å². The van der Waals surface area contributed by atoms with Crippen molar-refractivity contribution in [2.24, 2.45) is 15.7 Å². The molecule has 0 aliphatic carbocycles. The number of alkyl halides is 2. The number of benzene rings is 1. The molecule has 1 aromatic heterocycles. The van der Waals surface area contributed by atoms with E-state index in [-0.39, 0.29) is 23.7 Å². The number of ether oxygens (including phenoxy) is 1. The highest BCUT2D eigenvalue weighted by Gasteiger charge is 2.31. The van der Waals surface area contributed by atoms with Crippen molar-refractivity contribution in [2.45, 2.75) is 25.1 Å². The third-order valence-electron chi connectivity index (χ3n) is 4.90. The van der Waals surface area contributed by atoms with E-state index in [2.05, 4.69) is 20.6 Å². The summed E-state index contributed by atoms with van der Waals surface area (Å²) in [6, 6.07) is 2.56. The third kappa shape index (κ3) is 6.90. The number of aliphatic imine (C=N–C) groups is 2. The van der Waals surface area contributed by atoms with Gasteiger partial charge in [-0.1, -0.05) is 17.7 Å². The van der Waals surface area contributed by atoms with Gasteiger partial charge in [0.2, 0.25) is 6.41 Å². The SMILES string of the molecule is COCC(CC1=C(C(N)=CC=NC(F)F)[C@H](c2ccc(F)cc2Cl)N=C(c2nccs2)N1)NC=O. The summed E-state index contributed by atoms with van der Waals surface area (Å²) in [4.78, 5) is 23.2. The van der Waals surface area contributed by atoms with Gasteiger partial charge < -0.3 is 21.1 Å². The molecule has 1 unspecified atom stereocenters. The number of methoxy groups -OCH3 is 1. The Kier molecular flexibility index (Phi) is 9.40. The molecule has 1 aliphatic heterocycles. The van der Waals surface area contributed by atoms with Crippen LogP contribution in [0.3, 0.4) is 0 Å². The Morgan fingerprint density at radius 2 is 2.26 bits per heavy atom. The number of allylic oxidation sites excluding steroid dienone is 1. The number of rotatable bonds is 11. The van der Waals surface area contributed by atoms with Gasteiger partial charge in [0.05, 0.1) is 12.6 Å². The summed E-state index contributed by atoms with van der Waals surface area (Å²) in [6.45, 7) is -2.73. The number of carbonyl (C=O) groups excluding carboxylic acids is 1. The number of nitrogens with two attached hydrogens (primary N) is 1. The second-order valence-corrected chi connectivity index (χ2v) is 8.54. The highest BCUT2D eigenvalue weighted by molar-refractivity contribution is 7.11. The lowest BCUT2D eigenvalue weighted by Gasteiger charge is -2.30. The molecule has 4 N–H and O–H groups in total. The lowest BCUT2D eigenvalue weighted by atomic mass is 9.91. The standard InChI is InChI=1S/C22H22ClF3N6O2S/c1-34-10-13(30-11-33)9-17-18(16(27)4-5-29-22(25)26)19(14-3-2-12(24)8-15(14)23)32-20(31-17)21-28-6-7-35-21/h2-8,11,13,19,22H,9-10,27H2,1H3,(H,30,33)(H,31,32)/t13?,19-/m0/s1. The zero-order valence-electron chi connectivity index (χ0n) is 18.4. The van der Waals surface area contributed by atoms with Gasteiger partial charge in [-0.25, -0.2) is 14.4 Å². The number of thiazole rings is 1. The van der Waals surface area contributed by atoms with Crippen molar-refractivity contribution < 1.29 is 22.7 Å². The van der Waals surface area contributed by atoms with E-state index in [0.29, 0.717) is 34.1 Å². The number of hydrogen-bond acceptors (Lipinski definition) is 8. The van der Waals surface area contributed by atoms with E-state index >= 15 is 0 Å². The first-order chi connectivity index (χ1) is 16.8. The summed E-state index contributed by atoms with van der Waals surface area (Å²) in [7, 11) is 1.49. The lowest BCUT2D eigenvalue weighted by molar-refractivity contribution is -0.110. The second-order valence-electron chi connectivity index (χ2n) is 7.24. The number of aromatic nitrogens is 1. The number of halogens is 4. The summed E-state index contributed by atoms with van der Waals surface area (Å²) < 4.78 is 44.1. The van der Waals surface area contributed by atoms with Gasteiger partial charge in [0.15, 0.2) is 10.8 Å². The van der Waals surface area contributed by atoms with E-state index in [0.717, 1.165) is 12.3 Å². The van der Waals surface area contributed by atoms with Crippen LogP contribution >= 0.6 is 22.9 Å². The molecule has 1 aromatic carbocycles. The van der Waals surface area contributed by atoms with Crippen molar-refractivity contribution in [3.63, 3.8) is 0 Å². The first-order valence-electron chi connectivity index (χ1n) is 10.2. The minimum Gasteiger partial charge on any atom is -0.398 e. The van der Waals surface area contributed by atoms with E-state index in [9.17, 15) is 18.0 Å². The van der Waals surface area contributed by atoms with Gasteiger partial charge >= 0.3 is 6.55 Å². The number of amidine groups is 1. The zero-order valence-corrected chi connectivity index (χ0v) is 20.0. The molecule has 2 heterocycles. The van der Waals surface area contributed by atoms with Gasteiger partial charge in [0, 0.05) is 58.9 Å². The van der Waals surface area contributed by atoms with Gasteiger partial charge in [-0.05, 0) is 18.2 Å². The minimum atomic E-state index is -2.91. The number of nitrogens with one attached hydrogen (secondary N) is 2. The molecule has 1 amide bonds. The van der Waals surface area contributed by atoms with Crippen LogP contribution in [-0.4, -0.2) is 49.8 Å². The molecule has 186 valence electrons. The highest BCUT2D eigenvalue weighted by Crippen LogP contribution is 2.39. The van der Waals surface area contributed by atoms with E-state index < -0.39 is 24.5 Å². The molecule has 35 heavy (non-hydrogen) atoms. The Hall–Kier alpha value is -3.22. The van der Waals surface area contributed by atoms with Crippen molar-refractivity contribution in [1.29, 1.82) is 0 Å². The fraction of sp³-hybridized carbons (Fsp3) is 0.273. The normalized spacial score (nSPS) is 17.5. The van der Waals surface area contributed by atoms with Gasteiger partial charge in [-0.3, -0.25) is 9.79 Å². The zero-order chi connectivity index (χ0) is 25.4. The van der Waals surface area contributed by atoms with Crippen LogP contribution in [0.15, 0.2) is 62.8 Å². The van der Waals surface area contributed by atoms with Crippen molar-refractivity contribution >= 4 is 41.4 Å². The first kappa shape index (κ1) is 26.4. The molecule has 13 heteroatoms. The first-order valence-corrected chi connectivity index (χ1v) is 11.5. The van der Waals surface area contributed by atoms with Crippen LogP contribution < -0.4 is 16.4 Å². The molecule has 2 atom stereocenters. The largest absolute Gasteiger partial charge is 0.398 e. The molecule has 0 bridgehead atoms. The molecular weight excluding hydrogens is 505 g/mol. The highest BCUT2D eigenvalue weighted by atomic mass is 35.5. The Bertz CT molecular complexity index is 1150. The molecule has 0 spiro atoms. The number of carbonyl (C=O) groups is 1. The quantitative estimate of drug-likeness (QED) is 0.235. The maximum atomic E-state index is 13.8. The molecule has 2 aromatic rings. The van der Waals surface area contributed by atoms with Gasteiger partial charge in [-0.2, -0.15) is 8.78 Å². The maximum absolute atomic E-state index is 13.8. The Morgan fingerprint density at radius 3 is 2.89 bits per heavy atom.